The van der Waals surface area contributed by atoms with Crippen molar-refractivity contribution >= 4 is 30.2 Å². The number of hydrogen-bond donors (Lipinski definition) is 1. The maximum Gasteiger partial charge on any atom is 0.257 e. The lowest BCUT2D eigenvalue weighted by Crippen LogP contribution is -2.19. The normalized spacial score (nSPS) is 13.3. The number of nitrogens with one attached hydrogen (secondary N) is 1. The second-order valence-corrected chi connectivity index (χ2v) is 7.22. The van der Waals surface area contributed by atoms with Gasteiger partial charge in [0.15, 0.2) is 5.75 Å². The van der Waals surface area contributed by atoms with E-state index in [2.05, 4.69) is 44.3 Å². The fourth-order valence-corrected chi connectivity index (χ4v) is 3.55. The van der Waals surface area contributed by atoms with Gasteiger partial charge < -0.3 is 14.8 Å². The smallest absolute Gasteiger partial charge is 0.257 e. The molecule has 0 amide bonds. The highest BCUT2D eigenvalue weighted by Crippen LogP contribution is 2.35. The molecule has 0 saturated heterocycles. The molecule has 4 heterocycles. The topological polar surface area (TPSA) is 82.1 Å². The third-order valence-corrected chi connectivity index (χ3v) is 5.14. The lowest BCUT2D eigenvalue weighted by atomic mass is 10.0. The first-order chi connectivity index (χ1) is 14.8. The average Bonchev–Trinajstić information content (AvgIpc) is 2.82. The molecule has 0 fully saturated rings. The van der Waals surface area contributed by atoms with Crippen molar-refractivity contribution in [2.24, 2.45) is 0 Å². The summed E-state index contributed by atoms with van der Waals surface area (Å²) in [5.41, 5.74) is 3.83. The van der Waals surface area contributed by atoms with E-state index < -0.39 is 0 Å². The zero-order chi connectivity index (χ0) is 20.3. The lowest BCUT2D eigenvalue weighted by Gasteiger charge is -2.22. The molecule has 0 aliphatic carbocycles. The van der Waals surface area contributed by atoms with Gasteiger partial charge in [-0.05, 0) is 18.2 Å². The molecule has 1 aliphatic heterocycles. The van der Waals surface area contributed by atoms with Gasteiger partial charge in [-0.3, -0.25) is 4.98 Å². The van der Waals surface area contributed by atoms with E-state index in [0.29, 0.717) is 25.6 Å². The molecule has 0 radical (unpaired) electrons. The number of pyridine rings is 2. The van der Waals surface area contributed by atoms with Gasteiger partial charge in [-0.1, -0.05) is 25.1 Å². The molecule has 3 aromatic heterocycles. The Balaban J connectivity index is 0.00000231. The molecular formula is C23H23N5O2S. The van der Waals surface area contributed by atoms with E-state index >= 15 is 0 Å². The molecule has 31 heavy (non-hydrogen) atoms. The maximum absolute atomic E-state index is 5.79. The SMILES string of the molecule is C[C@H](CNc1cc(-c2cnc3ccccc3c2)ncn1)c1ccnc2c1OCCO2.S. The van der Waals surface area contributed by atoms with Crippen LogP contribution in [0.2, 0.25) is 0 Å². The van der Waals surface area contributed by atoms with Crippen LogP contribution in [-0.2, 0) is 0 Å². The van der Waals surface area contributed by atoms with Crippen LogP contribution in [0.3, 0.4) is 0 Å². The molecule has 0 unspecified atom stereocenters. The number of aromatic nitrogens is 4. The van der Waals surface area contributed by atoms with Crippen molar-refractivity contribution in [3.8, 4) is 22.9 Å². The minimum atomic E-state index is 0. The van der Waals surface area contributed by atoms with Crippen molar-refractivity contribution in [3.63, 3.8) is 0 Å². The van der Waals surface area contributed by atoms with Crippen LogP contribution in [-0.4, -0.2) is 39.7 Å². The number of benzene rings is 1. The van der Waals surface area contributed by atoms with E-state index in [-0.39, 0.29) is 19.4 Å². The predicted octanol–water partition coefficient (Wildman–Crippen LogP) is 4.19. The van der Waals surface area contributed by atoms with Gasteiger partial charge in [-0.15, -0.1) is 0 Å². The summed E-state index contributed by atoms with van der Waals surface area (Å²) in [6.07, 6.45) is 5.18. The first-order valence-corrected chi connectivity index (χ1v) is 9.93. The molecule has 1 aliphatic rings. The molecular weight excluding hydrogens is 410 g/mol. The van der Waals surface area contributed by atoms with Gasteiger partial charge in [0.1, 0.15) is 25.4 Å². The third-order valence-electron chi connectivity index (χ3n) is 5.14. The van der Waals surface area contributed by atoms with Gasteiger partial charge in [0.2, 0.25) is 0 Å². The van der Waals surface area contributed by atoms with Crippen molar-refractivity contribution < 1.29 is 9.47 Å². The molecule has 5 rings (SSSR count). The second kappa shape index (κ2) is 9.18. The van der Waals surface area contributed by atoms with Gasteiger partial charge >= 0.3 is 0 Å². The lowest BCUT2D eigenvalue weighted by molar-refractivity contribution is 0.162. The van der Waals surface area contributed by atoms with E-state index in [1.165, 1.54) is 0 Å². The highest BCUT2D eigenvalue weighted by molar-refractivity contribution is 7.59. The molecule has 0 saturated carbocycles. The van der Waals surface area contributed by atoms with Gasteiger partial charge in [-0.25, -0.2) is 15.0 Å². The average molecular weight is 434 g/mol. The number of para-hydroxylation sites is 1. The minimum absolute atomic E-state index is 0. The summed E-state index contributed by atoms with van der Waals surface area (Å²) in [7, 11) is 0. The van der Waals surface area contributed by atoms with E-state index in [1.807, 2.05) is 36.5 Å². The first kappa shape index (κ1) is 20.9. The van der Waals surface area contributed by atoms with Crippen molar-refractivity contribution in [1.29, 1.82) is 0 Å². The number of anilines is 1. The van der Waals surface area contributed by atoms with Crippen LogP contribution in [0.15, 0.2) is 61.2 Å². The standard InChI is InChI=1S/C23H21N5O2.H2S/c1-15(18-6-7-24-23-22(18)29-8-9-30-23)12-26-21-11-20(27-14-28-21)17-10-16-4-2-3-5-19(16)25-13-17;/h2-7,10-11,13-15H,8-9,12H2,1H3,(H,26,27,28);1H2/t15-;/m1./s1. The van der Waals surface area contributed by atoms with Crippen molar-refractivity contribution in [2.45, 2.75) is 12.8 Å². The van der Waals surface area contributed by atoms with Crippen LogP contribution in [0.1, 0.15) is 18.4 Å². The summed E-state index contributed by atoms with van der Waals surface area (Å²) in [6, 6.07) is 14.1. The Morgan fingerprint density at radius 2 is 1.87 bits per heavy atom. The Morgan fingerprint density at radius 3 is 2.81 bits per heavy atom. The van der Waals surface area contributed by atoms with E-state index in [9.17, 15) is 0 Å². The number of fused-ring (bicyclic) bond motifs is 2. The summed E-state index contributed by atoms with van der Waals surface area (Å²) >= 11 is 0. The molecule has 1 aromatic carbocycles. The Bertz CT molecular complexity index is 1200. The van der Waals surface area contributed by atoms with Gasteiger partial charge in [0.25, 0.3) is 5.88 Å². The molecule has 4 aromatic rings. The molecule has 0 bridgehead atoms. The minimum Gasteiger partial charge on any atom is -0.484 e. The molecule has 158 valence electrons. The van der Waals surface area contributed by atoms with Crippen molar-refractivity contribution in [2.75, 3.05) is 25.1 Å². The monoisotopic (exact) mass is 433 g/mol. The van der Waals surface area contributed by atoms with Gasteiger partial charge in [0.05, 0.1) is 11.2 Å². The molecule has 7 nitrogen and oxygen atoms in total. The molecule has 8 heteroatoms. The zero-order valence-corrected chi connectivity index (χ0v) is 18.1. The van der Waals surface area contributed by atoms with Gasteiger partial charge in [0, 0.05) is 47.4 Å². The summed E-state index contributed by atoms with van der Waals surface area (Å²) in [5, 5.41) is 4.49. The molecule has 1 atom stereocenters. The number of ether oxygens (including phenoxy) is 2. The van der Waals surface area contributed by atoms with E-state index in [4.69, 9.17) is 9.47 Å². The third kappa shape index (κ3) is 4.39. The Hall–Kier alpha value is -3.39. The van der Waals surface area contributed by atoms with E-state index in [1.54, 1.807) is 12.5 Å². The van der Waals surface area contributed by atoms with Crippen LogP contribution in [0.25, 0.3) is 22.2 Å². The largest absolute Gasteiger partial charge is 0.484 e. The second-order valence-electron chi connectivity index (χ2n) is 7.22. The Labute approximate surface area is 187 Å². The summed E-state index contributed by atoms with van der Waals surface area (Å²) in [6.45, 7) is 3.90. The number of nitrogens with zero attached hydrogens (tertiary/aromatic N) is 4. The quantitative estimate of drug-likeness (QED) is 0.505. The maximum atomic E-state index is 5.79. The first-order valence-electron chi connectivity index (χ1n) is 9.93. The van der Waals surface area contributed by atoms with E-state index in [0.717, 1.165) is 39.3 Å². The highest BCUT2D eigenvalue weighted by Gasteiger charge is 2.20. The summed E-state index contributed by atoms with van der Waals surface area (Å²) in [4.78, 5) is 17.6. The van der Waals surface area contributed by atoms with Gasteiger partial charge in [-0.2, -0.15) is 13.5 Å². The summed E-state index contributed by atoms with van der Waals surface area (Å²) in [5.74, 6) is 2.26. The molecule has 0 spiro atoms. The van der Waals surface area contributed by atoms with Crippen LogP contribution in [0, 0.1) is 0 Å². The van der Waals surface area contributed by atoms with Crippen LogP contribution in [0.4, 0.5) is 5.82 Å². The van der Waals surface area contributed by atoms with Crippen molar-refractivity contribution in [1.82, 2.24) is 19.9 Å². The zero-order valence-electron chi connectivity index (χ0n) is 17.1. The number of hydrogen-bond acceptors (Lipinski definition) is 7. The fraction of sp³-hybridized carbons (Fsp3) is 0.217. The molecule has 1 N–H and O–H groups in total. The van der Waals surface area contributed by atoms with Crippen LogP contribution >= 0.6 is 13.5 Å². The highest BCUT2D eigenvalue weighted by atomic mass is 32.1. The van der Waals surface area contributed by atoms with Crippen LogP contribution in [0.5, 0.6) is 11.6 Å². The Morgan fingerprint density at radius 1 is 1.00 bits per heavy atom. The number of rotatable bonds is 5. The fourth-order valence-electron chi connectivity index (χ4n) is 3.55. The van der Waals surface area contributed by atoms with Crippen LogP contribution < -0.4 is 14.8 Å². The van der Waals surface area contributed by atoms with Crippen molar-refractivity contribution in [3.05, 3.63) is 66.7 Å². The predicted molar refractivity (Wildman–Crippen MR) is 125 cm³/mol. The Kier molecular flexibility index (Phi) is 6.18. The summed E-state index contributed by atoms with van der Waals surface area (Å²) < 4.78 is 11.4.